The molecular weight excluding hydrogens is 304 g/mol. The van der Waals surface area contributed by atoms with E-state index in [4.69, 9.17) is 0 Å². The third-order valence-corrected chi connectivity index (χ3v) is 3.60. The summed E-state index contributed by atoms with van der Waals surface area (Å²) < 4.78 is 4.63. The van der Waals surface area contributed by atoms with Crippen molar-refractivity contribution in [2.45, 2.75) is 13.1 Å². The zero-order chi connectivity index (χ0) is 17.5. The molecule has 0 aliphatic heterocycles. The number of ether oxygens (including phenoxy) is 1. The van der Waals surface area contributed by atoms with Gasteiger partial charge in [-0.3, -0.25) is 4.79 Å². The Hall–Kier alpha value is -2.66. The first kappa shape index (κ1) is 17.7. The van der Waals surface area contributed by atoms with Crippen molar-refractivity contribution in [3.05, 3.63) is 70.8 Å². The van der Waals surface area contributed by atoms with Crippen molar-refractivity contribution in [1.82, 2.24) is 5.32 Å². The fourth-order valence-electron chi connectivity index (χ4n) is 2.34. The van der Waals surface area contributed by atoms with Crippen LogP contribution in [0.15, 0.2) is 48.5 Å². The van der Waals surface area contributed by atoms with Gasteiger partial charge in [-0.2, -0.15) is 0 Å². The number of amides is 1. The van der Waals surface area contributed by atoms with Crippen LogP contribution in [0.25, 0.3) is 0 Å². The van der Waals surface area contributed by atoms with E-state index >= 15 is 0 Å². The van der Waals surface area contributed by atoms with Crippen LogP contribution in [0.3, 0.4) is 0 Å². The predicted octanol–water partition coefficient (Wildman–Crippen LogP) is 1.05. The summed E-state index contributed by atoms with van der Waals surface area (Å²) >= 11 is 0. The molecule has 0 atom stereocenters. The average Bonchev–Trinajstić information content (AvgIpc) is 2.60. The highest BCUT2D eigenvalue weighted by Gasteiger charge is 2.09. The zero-order valence-corrected chi connectivity index (χ0v) is 14.3. The molecule has 5 nitrogen and oxygen atoms in total. The number of esters is 1. The van der Waals surface area contributed by atoms with Gasteiger partial charge in [0.15, 0.2) is 0 Å². The smallest absolute Gasteiger partial charge is 0.337 e. The van der Waals surface area contributed by atoms with Crippen LogP contribution >= 0.6 is 0 Å². The predicted molar refractivity (Wildman–Crippen MR) is 91.9 cm³/mol. The number of benzene rings is 2. The van der Waals surface area contributed by atoms with Crippen molar-refractivity contribution in [2.24, 2.45) is 0 Å². The molecule has 0 saturated carbocycles. The lowest BCUT2D eigenvalue weighted by Gasteiger charge is -2.09. The van der Waals surface area contributed by atoms with Gasteiger partial charge in [-0.15, -0.1) is 0 Å². The summed E-state index contributed by atoms with van der Waals surface area (Å²) in [7, 11) is 5.55. The molecule has 126 valence electrons. The number of nitrogens with one attached hydrogen (secondary N) is 2. The van der Waals surface area contributed by atoms with Crippen molar-refractivity contribution < 1.29 is 19.2 Å². The van der Waals surface area contributed by atoms with Crippen LogP contribution in [0.5, 0.6) is 0 Å². The van der Waals surface area contributed by atoms with E-state index in [9.17, 15) is 9.59 Å². The summed E-state index contributed by atoms with van der Waals surface area (Å²) in [5.74, 6) is -0.588. The lowest BCUT2D eigenvalue weighted by atomic mass is 10.1. The van der Waals surface area contributed by atoms with Gasteiger partial charge in [-0.05, 0) is 29.8 Å². The van der Waals surface area contributed by atoms with E-state index in [1.807, 2.05) is 12.1 Å². The maximum Gasteiger partial charge on any atom is 0.337 e. The van der Waals surface area contributed by atoms with Crippen molar-refractivity contribution >= 4 is 11.9 Å². The third kappa shape index (κ3) is 4.93. The maximum atomic E-state index is 12.2. The Balaban J connectivity index is 1.91. The summed E-state index contributed by atoms with van der Waals surface area (Å²) in [5.41, 5.74) is 3.25. The van der Waals surface area contributed by atoms with Crippen LogP contribution in [0.1, 0.15) is 31.8 Å². The van der Waals surface area contributed by atoms with Crippen LogP contribution < -0.4 is 10.2 Å². The molecule has 0 aliphatic carbocycles. The fourth-order valence-corrected chi connectivity index (χ4v) is 2.34. The van der Waals surface area contributed by atoms with Gasteiger partial charge in [0.05, 0.1) is 26.8 Å². The molecule has 5 heteroatoms. The van der Waals surface area contributed by atoms with Crippen LogP contribution in [0.2, 0.25) is 0 Å². The quantitative estimate of drug-likeness (QED) is 0.780. The monoisotopic (exact) mass is 327 g/mol. The first-order chi connectivity index (χ1) is 11.5. The number of rotatable bonds is 6. The van der Waals surface area contributed by atoms with E-state index in [-0.39, 0.29) is 5.91 Å². The SMILES string of the molecule is COC(=O)c1ccc(C(=O)NCc2ccc(C[NH+](C)C)cc2)cc1. The van der Waals surface area contributed by atoms with Crippen molar-refractivity contribution in [2.75, 3.05) is 21.2 Å². The number of methoxy groups -OCH3 is 1. The molecule has 2 N–H and O–H groups in total. The van der Waals surface area contributed by atoms with E-state index in [0.29, 0.717) is 17.7 Å². The Kier molecular flexibility index (Phi) is 6.09. The van der Waals surface area contributed by atoms with Crippen LogP contribution in [0.4, 0.5) is 0 Å². The topological polar surface area (TPSA) is 59.8 Å². The molecule has 0 aromatic heterocycles. The lowest BCUT2D eigenvalue weighted by Crippen LogP contribution is -3.04. The Morgan fingerprint density at radius 3 is 2.00 bits per heavy atom. The second-order valence-corrected chi connectivity index (χ2v) is 5.95. The van der Waals surface area contributed by atoms with Crippen LogP contribution in [0, 0.1) is 0 Å². The zero-order valence-electron chi connectivity index (χ0n) is 14.3. The first-order valence-corrected chi connectivity index (χ1v) is 7.83. The largest absolute Gasteiger partial charge is 0.465 e. The van der Waals surface area contributed by atoms with E-state index in [1.54, 1.807) is 24.3 Å². The summed E-state index contributed by atoms with van der Waals surface area (Å²) in [6.07, 6.45) is 0. The molecule has 24 heavy (non-hydrogen) atoms. The van der Waals surface area contributed by atoms with Crippen molar-refractivity contribution in [3.8, 4) is 0 Å². The highest BCUT2D eigenvalue weighted by Crippen LogP contribution is 2.07. The molecule has 1 amide bonds. The van der Waals surface area contributed by atoms with E-state index in [1.165, 1.54) is 17.6 Å². The molecule has 0 aliphatic rings. The molecule has 0 fully saturated rings. The normalized spacial score (nSPS) is 10.5. The standard InChI is InChI=1S/C19H22N2O3/c1-21(2)13-15-6-4-14(5-7-15)12-20-18(22)16-8-10-17(11-9-16)19(23)24-3/h4-11H,12-13H2,1-3H3,(H,20,22)/p+1. The molecule has 0 unspecified atom stereocenters. The van der Waals surface area contributed by atoms with Crippen LogP contribution in [-0.4, -0.2) is 33.1 Å². The summed E-state index contributed by atoms with van der Waals surface area (Å²) in [6.45, 7) is 1.44. The number of carbonyl (C=O) groups is 2. The van der Waals surface area contributed by atoms with Gasteiger partial charge in [0, 0.05) is 17.7 Å². The molecule has 0 saturated heterocycles. The molecule has 0 bridgehead atoms. The van der Waals surface area contributed by atoms with Crippen molar-refractivity contribution in [3.63, 3.8) is 0 Å². The maximum absolute atomic E-state index is 12.2. The Morgan fingerprint density at radius 2 is 1.46 bits per heavy atom. The van der Waals surface area contributed by atoms with Crippen LogP contribution in [-0.2, 0) is 17.8 Å². The minimum absolute atomic E-state index is 0.173. The summed E-state index contributed by atoms with van der Waals surface area (Å²) in [4.78, 5) is 24.9. The van der Waals surface area contributed by atoms with E-state index in [0.717, 1.165) is 12.1 Å². The second-order valence-electron chi connectivity index (χ2n) is 5.95. The number of hydrogen-bond acceptors (Lipinski definition) is 3. The highest BCUT2D eigenvalue weighted by atomic mass is 16.5. The van der Waals surface area contributed by atoms with Crippen molar-refractivity contribution in [1.29, 1.82) is 0 Å². The third-order valence-electron chi connectivity index (χ3n) is 3.60. The van der Waals surface area contributed by atoms with Gasteiger partial charge in [0.25, 0.3) is 5.91 Å². The highest BCUT2D eigenvalue weighted by molar-refractivity contribution is 5.96. The number of carbonyl (C=O) groups excluding carboxylic acids is 2. The molecule has 2 aromatic rings. The molecule has 0 spiro atoms. The minimum atomic E-state index is -0.415. The molecule has 2 aromatic carbocycles. The number of hydrogen-bond donors (Lipinski definition) is 2. The average molecular weight is 327 g/mol. The first-order valence-electron chi connectivity index (χ1n) is 7.83. The molecule has 0 radical (unpaired) electrons. The van der Waals surface area contributed by atoms with Gasteiger partial charge in [-0.1, -0.05) is 24.3 Å². The second kappa shape index (κ2) is 8.26. The lowest BCUT2D eigenvalue weighted by molar-refractivity contribution is -0.872. The van der Waals surface area contributed by atoms with Gasteiger partial charge in [0.1, 0.15) is 6.54 Å². The van der Waals surface area contributed by atoms with Gasteiger partial charge < -0.3 is 15.0 Å². The Bertz CT molecular complexity index is 692. The van der Waals surface area contributed by atoms with E-state index in [2.05, 4.69) is 36.3 Å². The number of quaternary nitrogens is 1. The fraction of sp³-hybridized carbons (Fsp3) is 0.263. The molecule has 0 heterocycles. The summed E-state index contributed by atoms with van der Waals surface area (Å²) in [5, 5.41) is 2.88. The van der Waals surface area contributed by atoms with Gasteiger partial charge in [0.2, 0.25) is 0 Å². The minimum Gasteiger partial charge on any atom is -0.465 e. The Labute approximate surface area is 142 Å². The summed E-state index contributed by atoms with van der Waals surface area (Å²) in [6, 6.07) is 14.6. The van der Waals surface area contributed by atoms with E-state index < -0.39 is 5.97 Å². The Morgan fingerprint density at radius 1 is 0.917 bits per heavy atom. The molecular formula is C19H23N2O3+. The van der Waals surface area contributed by atoms with Gasteiger partial charge >= 0.3 is 5.97 Å². The molecule has 2 rings (SSSR count). The van der Waals surface area contributed by atoms with Gasteiger partial charge in [-0.25, -0.2) is 4.79 Å².